The van der Waals surface area contributed by atoms with Crippen LogP contribution in [0.4, 0.5) is 4.79 Å². The molecule has 0 radical (unpaired) electrons. The highest BCUT2D eigenvalue weighted by Crippen LogP contribution is 2.44. The highest BCUT2D eigenvalue weighted by atomic mass is 16.5. The van der Waals surface area contributed by atoms with Gasteiger partial charge < -0.3 is 20.1 Å². The molecule has 2 aliphatic rings. The molecular weight excluding hydrogens is 444 g/mol. The number of carbonyl (C=O) groups excluding carboxylic acids is 2. The van der Waals surface area contributed by atoms with E-state index in [-0.39, 0.29) is 31.4 Å². The van der Waals surface area contributed by atoms with Crippen molar-refractivity contribution >= 4 is 18.0 Å². The smallest absolute Gasteiger partial charge is 0.407 e. The normalized spacial score (nSPS) is 20.0. The first-order valence-corrected chi connectivity index (χ1v) is 12.5. The van der Waals surface area contributed by atoms with Crippen molar-refractivity contribution in [3.8, 4) is 11.1 Å². The number of carbonyl (C=O) groups is 3. The fraction of sp³-hybridized carbons (Fsp3) is 0.464. The second kappa shape index (κ2) is 10.5. The number of alkyl carbamates (subject to hydrolysis) is 1. The molecule has 0 bridgehead atoms. The molecule has 0 aromatic heterocycles. The van der Waals surface area contributed by atoms with Crippen LogP contribution in [0, 0.1) is 5.41 Å². The lowest BCUT2D eigenvalue weighted by molar-refractivity contribution is -0.155. The largest absolute Gasteiger partial charge is 0.481 e. The predicted molar refractivity (Wildman–Crippen MR) is 133 cm³/mol. The summed E-state index contributed by atoms with van der Waals surface area (Å²) >= 11 is 0. The van der Waals surface area contributed by atoms with Gasteiger partial charge in [0.25, 0.3) is 0 Å². The van der Waals surface area contributed by atoms with Gasteiger partial charge in [0.1, 0.15) is 6.61 Å². The van der Waals surface area contributed by atoms with Crippen molar-refractivity contribution in [1.82, 2.24) is 10.2 Å². The van der Waals surface area contributed by atoms with Gasteiger partial charge in [0.05, 0.1) is 5.41 Å². The molecule has 2 unspecified atom stereocenters. The number of nitrogens with one attached hydrogen (secondary N) is 1. The number of benzene rings is 2. The summed E-state index contributed by atoms with van der Waals surface area (Å²) in [6.45, 7) is 4.72. The zero-order valence-corrected chi connectivity index (χ0v) is 20.5. The van der Waals surface area contributed by atoms with E-state index in [0.717, 1.165) is 28.7 Å². The third-order valence-corrected chi connectivity index (χ3v) is 7.30. The van der Waals surface area contributed by atoms with E-state index in [1.807, 2.05) is 31.2 Å². The van der Waals surface area contributed by atoms with Gasteiger partial charge in [-0.3, -0.25) is 9.59 Å². The van der Waals surface area contributed by atoms with Gasteiger partial charge in [0.15, 0.2) is 0 Å². The topological polar surface area (TPSA) is 95.9 Å². The Kier molecular flexibility index (Phi) is 7.43. The Morgan fingerprint density at radius 2 is 1.74 bits per heavy atom. The summed E-state index contributed by atoms with van der Waals surface area (Å²) in [5.74, 6) is -0.999. The van der Waals surface area contributed by atoms with Crippen LogP contribution in [-0.4, -0.2) is 53.7 Å². The molecule has 186 valence electrons. The van der Waals surface area contributed by atoms with Crippen molar-refractivity contribution in [3.05, 3.63) is 59.7 Å². The van der Waals surface area contributed by atoms with E-state index in [2.05, 4.69) is 29.6 Å². The van der Waals surface area contributed by atoms with Crippen LogP contribution >= 0.6 is 0 Å². The molecule has 2 aromatic rings. The minimum atomic E-state index is -0.869. The van der Waals surface area contributed by atoms with Crippen LogP contribution < -0.4 is 5.32 Å². The van der Waals surface area contributed by atoms with Gasteiger partial charge in [0, 0.05) is 31.5 Å². The highest BCUT2D eigenvalue weighted by molar-refractivity contribution is 5.81. The Labute approximate surface area is 206 Å². The number of ether oxygens (including phenoxy) is 1. The standard InChI is InChI=1S/C28H34N2O5/c1-3-13-28(26(32)33)14-8-15-30(18-28)25(31)16-19(2)29-27(34)35-17-24-22-11-6-4-9-20(22)21-10-5-7-12-23(21)24/h4-7,9-12,19,24H,3,8,13-18H2,1-2H3,(H,29,34)(H,32,33). The SMILES string of the molecule is CCCC1(C(=O)O)CCCN(C(=O)CC(C)NC(=O)OCC2c3ccccc3-c3ccccc32)C1. The Morgan fingerprint density at radius 1 is 1.11 bits per heavy atom. The van der Waals surface area contributed by atoms with Crippen LogP contribution in [0.15, 0.2) is 48.5 Å². The van der Waals surface area contributed by atoms with E-state index in [9.17, 15) is 19.5 Å². The minimum Gasteiger partial charge on any atom is -0.481 e. The predicted octanol–water partition coefficient (Wildman–Crippen LogP) is 4.80. The first-order chi connectivity index (χ1) is 16.8. The van der Waals surface area contributed by atoms with Crippen LogP contribution in [-0.2, 0) is 14.3 Å². The van der Waals surface area contributed by atoms with Gasteiger partial charge in [-0.2, -0.15) is 0 Å². The molecule has 7 nitrogen and oxygen atoms in total. The summed E-state index contributed by atoms with van der Waals surface area (Å²) in [5, 5.41) is 12.5. The molecule has 1 aliphatic heterocycles. The number of likely N-dealkylation sites (tertiary alicyclic amines) is 1. The molecule has 7 heteroatoms. The average molecular weight is 479 g/mol. The Bertz CT molecular complexity index is 1050. The van der Waals surface area contributed by atoms with Gasteiger partial charge >= 0.3 is 12.1 Å². The van der Waals surface area contributed by atoms with Crippen molar-refractivity contribution in [2.75, 3.05) is 19.7 Å². The van der Waals surface area contributed by atoms with Gasteiger partial charge in [-0.15, -0.1) is 0 Å². The summed E-state index contributed by atoms with van der Waals surface area (Å²) in [6.07, 6.45) is 2.12. The maximum atomic E-state index is 12.9. The van der Waals surface area contributed by atoms with Gasteiger partial charge in [0.2, 0.25) is 5.91 Å². The number of hydrogen-bond acceptors (Lipinski definition) is 4. The van der Waals surface area contributed by atoms with Crippen LogP contribution in [0.1, 0.15) is 63.0 Å². The quantitative estimate of drug-likeness (QED) is 0.568. The number of amides is 2. The van der Waals surface area contributed by atoms with Crippen molar-refractivity contribution in [2.45, 2.75) is 57.9 Å². The number of aliphatic carboxylic acids is 1. The second-order valence-electron chi connectivity index (χ2n) is 9.83. The first-order valence-electron chi connectivity index (χ1n) is 12.5. The fourth-order valence-electron chi connectivity index (χ4n) is 5.59. The van der Waals surface area contributed by atoms with E-state index >= 15 is 0 Å². The van der Waals surface area contributed by atoms with Crippen LogP contribution in [0.2, 0.25) is 0 Å². The van der Waals surface area contributed by atoms with Crippen molar-refractivity contribution in [1.29, 1.82) is 0 Å². The molecule has 35 heavy (non-hydrogen) atoms. The van der Waals surface area contributed by atoms with E-state index in [4.69, 9.17) is 4.74 Å². The average Bonchev–Trinajstić information content (AvgIpc) is 3.16. The summed E-state index contributed by atoms with van der Waals surface area (Å²) in [7, 11) is 0. The molecule has 2 aromatic carbocycles. The Hall–Kier alpha value is -3.35. The number of hydrogen-bond donors (Lipinski definition) is 2. The second-order valence-corrected chi connectivity index (χ2v) is 9.83. The third kappa shape index (κ3) is 5.19. The molecule has 1 aliphatic carbocycles. The lowest BCUT2D eigenvalue weighted by Gasteiger charge is -2.40. The fourth-order valence-corrected chi connectivity index (χ4v) is 5.59. The number of carboxylic acids is 1. The minimum absolute atomic E-state index is 0.0267. The number of piperidine rings is 1. The highest BCUT2D eigenvalue weighted by Gasteiger charge is 2.42. The number of carboxylic acid groups (broad SMARTS) is 1. The molecule has 1 heterocycles. The lowest BCUT2D eigenvalue weighted by Crippen LogP contribution is -2.51. The van der Waals surface area contributed by atoms with E-state index in [0.29, 0.717) is 25.8 Å². The first kappa shape index (κ1) is 24.8. The van der Waals surface area contributed by atoms with Crippen LogP contribution in [0.5, 0.6) is 0 Å². The van der Waals surface area contributed by atoms with Crippen molar-refractivity contribution in [2.24, 2.45) is 5.41 Å². The molecule has 0 spiro atoms. The summed E-state index contributed by atoms with van der Waals surface area (Å²) in [4.78, 5) is 39.0. The van der Waals surface area contributed by atoms with Crippen LogP contribution in [0.3, 0.4) is 0 Å². The molecule has 0 saturated carbocycles. The monoisotopic (exact) mass is 478 g/mol. The summed E-state index contributed by atoms with van der Waals surface area (Å²) in [6, 6.07) is 15.9. The van der Waals surface area contributed by atoms with E-state index < -0.39 is 23.5 Å². The zero-order valence-electron chi connectivity index (χ0n) is 20.5. The molecule has 2 amide bonds. The van der Waals surface area contributed by atoms with Gasteiger partial charge in [-0.05, 0) is 48.4 Å². The zero-order chi connectivity index (χ0) is 25.0. The lowest BCUT2D eigenvalue weighted by atomic mass is 9.76. The van der Waals surface area contributed by atoms with Gasteiger partial charge in [-0.1, -0.05) is 61.9 Å². The summed E-state index contributed by atoms with van der Waals surface area (Å²) < 4.78 is 5.58. The van der Waals surface area contributed by atoms with Gasteiger partial charge in [-0.25, -0.2) is 4.79 Å². The Balaban J connectivity index is 1.31. The van der Waals surface area contributed by atoms with E-state index in [1.165, 1.54) is 0 Å². The molecule has 1 saturated heterocycles. The van der Waals surface area contributed by atoms with Crippen molar-refractivity contribution in [3.63, 3.8) is 0 Å². The molecular formula is C28H34N2O5. The number of rotatable bonds is 8. The number of nitrogens with zero attached hydrogens (tertiary/aromatic N) is 1. The molecule has 4 rings (SSSR count). The molecule has 1 fully saturated rings. The van der Waals surface area contributed by atoms with Crippen molar-refractivity contribution < 1.29 is 24.2 Å². The molecule has 2 N–H and O–H groups in total. The third-order valence-electron chi connectivity index (χ3n) is 7.30. The number of fused-ring (bicyclic) bond motifs is 3. The summed E-state index contributed by atoms with van der Waals surface area (Å²) in [5.41, 5.74) is 3.75. The maximum Gasteiger partial charge on any atom is 0.407 e. The Morgan fingerprint density at radius 3 is 2.34 bits per heavy atom. The maximum absolute atomic E-state index is 12.9. The van der Waals surface area contributed by atoms with Crippen LogP contribution in [0.25, 0.3) is 11.1 Å². The van der Waals surface area contributed by atoms with E-state index in [1.54, 1.807) is 11.8 Å². The molecule has 2 atom stereocenters.